The molecular weight excluding hydrogens is 292 g/mol. The zero-order valence-electron chi connectivity index (χ0n) is 14.7. The first kappa shape index (κ1) is 17.9. The molecule has 2 aliphatic heterocycles. The number of guanidine groups is 1. The molecule has 2 aliphatic rings. The van der Waals surface area contributed by atoms with Crippen LogP contribution in [-0.4, -0.2) is 60.6 Å². The maximum absolute atomic E-state index is 4.84. The summed E-state index contributed by atoms with van der Waals surface area (Å²) in [5.41, 5.74) is 0. The summed E-state index contributed by atoms with van der Waals surface area (Å²) in [7, 11) is 0. The van der Waals surface area contributed by atoms with Gasteiger partial charge in [-0.15, -0.1) is 0 Å². The van der Waals surface area contributed by atoms with Gasteiger partial charge in [0.15, 0.2) is 5.96 Å². The monoisotopic (exact) mass is 326 g/mol. The van der Waals surface area contributed by atoms with E-state index in [-0.39, 0.29) is 0 Å². The van der Waals surface area contributed by atoms with Crippen LogP contribution >= 0.6 is 11.8 Å². The molecule has 2 fully saturated rings. The Morgan fingerprint density at radius 3 is 2.91 bits per heavy atom. The molecule has 4 nitrogen and oxygen atoms in total. The summed E-state index contributed by atoms with van der Waals surface area (Å²) in [6.45, 7) is 13.4. The van der Waals surface area contributed by atoms with Gasteiger partial charge in [0.2, 0.25) is 0 Å². The quantitative estimate of drug-likeness (QED) is 0.557. The number of hydrogen-bond donors (Lipinski definition) is 2. The van der Waals surface area contributed by atoms with Crippen LogP contribution in [0.2, 0.25) is 0 Å². The number of thioether (sulfide) groups is 1. The van der Waals surface area contributed by atoms with Crippen LogP contribution in [0, 0.1) is 5.92 Å². The van der Waals surface area contributed by atoms with Crippen LogP contribution in [0.15, 0.2) is 4.99 Å². The Morgan fingerprint density at radius 1 is 1.36 bits per heavy atom. The molecule has 22 heavy (non-hydrogen) atoms. The predicted molar refractivity (Wildman–Crippen MR) is 98.9 cm³/mol. The van der Waals surface area contributed by atoms with Gasteiger partial charge in [-0.25, -0.2) is 0 Å². The second-order valence-corrected chi connectivity index (χ2v) is 8.62. The molecule has 2 unspecified atom stereocenters. The van der Waals surface area contributed by atoms with Crippen molar-refractivity contribution in [1.29, 1.82) is 0 Å². The van der Waals surface area contributed by atoms with Gasteiger partial charge in [-0.05, 0) is 64.3 Å². The van der Waals surface area contributed by atoms with E-state index in [1.807, 2.05) is 0 Å². The van der Waals surface area contributed by atoms with Crippen LogP contribution in [0.3, 0.4) is 0 Å². The van der Waals surface area contributed by atoms with Crippen LogP contribution in [0.1, 0.15) is 46.5 Å². The van der Waals surface area contributed by atoms with Crippen molar-refractivity contribution < 1.29 is 0 Å². The van der Waals surface area contributed by atoms with Crippen molar-refractivity contribution in [3.8, 4) is 0 Å². The summed E-state index contributed by atoms with van der Waals surface area (Å²) >= 11 is 2.08. The highest BCUT2D eigenvalue weighted by molar-refractivity contribution is 8.00. The maximum Gasteiger partial charge on any atom is 0.191 e. The summed E-state index contributed by atoms with van der Waals surface area (Å²) in [5, 5.41) is 6.97. The standard InChI is InChI=1S/C17H34N4S/c1-4-9-21-10-7-15(13-21)12-19-16(18-5-2)20-14-17(3)8-6-11-22-17/h15H,4-14H2,1-3H3,(H2,18,19,20). The summed E-state index contributed by atoms with van der Waals surface area (Å²) in [6, 6.07) is 0. The molecule has 0 saturated carbocycles. The summed E-state index contributed by atoms with van der Waals surface area (Å²) in [4.78, 5) is 7.43. The average molecular weight is 327 g/mol. The van der Waals surface area contributed by atoms with Gasteiger partial charge >= 0.3 is 0 Å². The Balaban J connectivity index is 1.76. The van der Waals surface area contributed by atoms with Gasteiger partial charge in [0.05, 0.1) is 6.54 Å². The van der Waals surface area contributed by atoms with Gasteiger partial charge in [-0.3, -0.25) is 4.99 Å². The van der Waals surface area contributed by atoms with Crippen molar-refractivity contribution >= 4 is 17.7 Å². The number of nitrogens with one attached hydrogen (secondary N) is 2. The Morgan fingerprint density at radius 2 is 2.23 bits per heavy atom. The van der Waals surface area contributed by atoms with Gasteiger partial charge in [0.1, 0.15) is 0 Å². The molecule has 0 aliphatic carbocycles. The topological polar surface area (TPSA) is 39.7 Å². The number of rotatable bonds is 7. The van der Waals surface area contributed by atoms with E-state index in [9.17, 15) is 0 Å². The first-order valence-corrected chi connectivity index (χ1v) is 10.0. The maximum atomic E-state index is 4.84. The SMILES string of the molecule is CCCN1CCC(CNC(=NCC2(C)CCCS2)NCC)C1. The molecule has 0 aromatic rings. The molecule has 0 bridgehead atoms. The molecule has 0 amide bonds. The van der Waals surface area contributed by atoms with Gasteiger partial charge in [-0.2, -0.15) is 11.8 Å². The molecule has 0 aromatic carbocycles. The lowest BCUT2D eigenvalue weighted by atomic mass is 10.1. The summed E-state index contributed by atoms with van der Waals surface area (Å²) < 4.78 is 0.355. The van der Waals surface area contributed by atoms with Crippen molar-refractivity contribution in [2.75, 3.05) is 45.0 Å². The molecule has 128 valence electrons. The fourth-order valence-corrected chi connectivity index (χ4v) is 4.62. The van der Waals surface area contributed by atoms with Crippen LogP contribution in [0.4, 0.5) is 0 Å². The van der Waals surface area contributed by atoms with Crippen LogP contribution in [0.5, 0.6) is 0 Å². The fraction of sp³-hybridized carbons (Fsp3) is 0.941. The van der Waals surface area contributed by atoms with E-state index >= 15 is 0 Å². The van der Waals surface area contributed by atoms with Crippen molar-refractivity contribution in [3.63, 3.8) is 0 Å². The average Bonchev–Trinajstić information content (AvgIpc) is 3.12. The highest BCUT2D eigenvalue weighted by Gasteiger charge is 2.29. The van der Waals surface area contributed by atoms with E-state index in [0.717, 1.165) is 31.5 Å². The van der Waals surface area contributed by atoms with Gasteiger partial charge in [0.25, 0.3) is 0 Å². The second-order valence-electron chi connectivity index (χ2n) is 6.93. The van der Waals surface area contributed by atoms with E-state index in [4.69, 9.17) is 4.99 Å². The van der Waals surface area contributed by atoms with E-state index in [1.54, 1.807) is 0 Å². The van der Waals surface area contributed by atoms with Crippen molar-refractivity contribution in [1.82, 2.24) is 15.5 Å². The first-order valence-electron chi connectivity index (χ1n) is 9.03. The lowest BCUT2D eigenvalue weighted by molar-refractivity contribution is 0.324. The van der Waals surface area contributed by atoms with E-state index in [1.165, 1.54) is 51.1 Å². The summed E-state index contributed by atoms with van der Waals surface area (Å²) in [5.74, 6) is 3.07. The minimum Gasteiger partial charge on any atom is -0.357 e. The smallest absolute Gasteiger partial charge is 0.191 e. The van der Waals surface area contributed by atoms with Gasteiger partial charge in [-0.1, -0.05) is 6.92 Å². The molecule has 0 spiro atoms. The molecule has 2 atom stereocenters. The van der Waals surface area contributed by atoms with E-state index in [2.05, 4.69) is 48.1 Å². The van der Waals surface area contributed by atoms with Gasteiger partial charge < -0.3 is 15.5 Å². The minimum atomic E-state index is 0.355. The number of likely N-dealkylation sites (tertiary alicyclic amines) is 1. The number of nitrogens with zero attached hydrogens (tertiary/aromatic N) is 2. The Bertz CT molecular complexity index is 353. The Hall–Kier alpha value is -0.420. The molecule has 5 heteroatoms. The third kappa shape index (κ3) is 5.65. The third-order valence-corrected chi connectivity index (χ3v) is 6.21. The minimum absolute atomic E-state index is 0.355. The molecule has 2 heterocycles. The van der Waals surface area contributed by atoms with E-state index in [0.29, 0.717) is 4.75 Å². The third-order valence-electron chi connectivity index (χ3n) is 4.68. The largest absolute Gasteiger partial charge is 0.357 e. The molecule has 0 radical (unpaired) electrons. The van der Waals surface area contributed by atoms with Crippen molar-refractivity contribution in [2.45, 2.75) is 51.2 Å². The normalized spacial score (nSPS) is 30.0. The second kappa shape index (κ2) is 9.02. The molecular formula is C17H34N4S. The van der Waals surface area contributed by atoms with Crippen LogP contribution in [-0.2, 0) is 0 Å². The predicted octanol–water partition coefficient (Wildman–Crippen LogP) is 2.56. The number of aliphatic imine (C=N–C) groups is 1. The number of hydrogen-bond acceptors (Lipinski definition) is 3. The van der Waals surface area contributed by atoms with Crippen molar-refractivity contribution in [3.05, 3.63) is 0 Å². The Labute approximate surface area is 140 Å². The molecule has 0 aromatic heterocycles. The van der Waals surface area contributed by atoms with Crippen LogP contribution < -0.4 is 10.6 Å². The summed E-state index contributed by atoms with van der Waals surface area (Å²) in [6.07, 6.45) is 5.23. The lowest BCUT2D eigenvalue weighted by Crippen LogP contribution is -2.41. The van der Waals surface area contributed by atoms with Crippen molar-refractivity contribution in [2.24, 2.45) is 10.9 Å². The molecule has 2 rings (SSSR count). The fourth-order valence-electron chi connectivity index (χ4n) is 3.39. The Kier molecular flexibility index (Phi) is 7.35. The molecule has 2 N–H and O–H groups in total. The highest BCUT2D eigenvalue weighted by Crippen LogP contribution is 2.37. The highest BCUT2D eigenvalue weighted by atomic mass is 32.2. The van der Waals surface area contributed by atoms with Gasteiger partial charge in [0, 0.05) is 24.4 Å². The zero-order chi connectivity index (χ0) is 15.8. The lowest BCUT2D eigenvalue weighted by Gasteiger charge is -2.21. The first-order chi connectivity index (χ1) is 10.6. The van der Waals surface area contributed by atoms with Crippen LogP contribution in [0.25, 0.3) is 0 Å². The molecule has 2 saturated heterocycles. The van der Waals surface area contributed by atoms with E-state index < -0.39 is 0 Å². The zero-order valence-corrected chi connectivity index (χ0v) is 15.5.